The minimum absolute atomic E-state index is 0.228. The fourth-order valence-corrected chi connectivity index (χ4v) is 3.54. The van der Waals surface area contributed by atoms with Gasteiger partial charge in [-0.05, 0) is 34.3 Å². The summed E-state index contributed by atoms with van der Waals surface area (Å²) in [5, 5.41) is 0. The van der Waals surface area contributed by atoms with Crippen molar-refractivity contribution in [2.24, 2.45) is 11.3 Å². The molecule has 0 saturated heterocycles. The van der Waals surface area contributed by atoms with E-state index in [-0.39, 0.29) is 5.41 Å². The first-order valence-electron chi connectivity index (χ1n) is 10.0. The Labute approximate surface area is 157 Å². The standard InChI is InChI=1S/C21H28.2C2H6/c1-16(2)19(17-12-8-6-9-13-17)20(21(3,4)5)18-14-10-7-11-15-18;2*1-2/h6-16,19-20H,1-5H3;2*1-2H3/t19?,20-;;/m1../s1. The van der Waals surface area contributed by atoms with Gasteiger partial charge in [-0.1, -0.05) is 123 Å². The molecule has 140 valence electrons. The molecule has 25 heavy (non-hydrogen) atoms. The maximum Gasteiger partial charge on any atom is -0.00420 e. The van der Waals surface area contributed by atoms with Crippen LogP contribution in [0.1, 0.15) is 85.3 Å². The lowest BCUT2D eigenvalue weighted by Gasteiger charge is -2.40. The summed E-state index contributed by atoms with van der Waals surface area (Å²) in [4.78, 5) is 0. The first kappa shape index (κ1) is 23.4. The largest absolute Gasteiger partial charge is 0.0683 e. The molecule has 1 unspecified atom stereocenters. The molecule has 0 aromatic heterocycles. The lowest BCUT2D eigenvalue weighted by atomic mass is 9.64. The van der Waals surface area contributed by atoms with Crippen LogP contribution in [0.2, 0.25) is 0 Å². The van der Waals surface area contributed by atoms with Crippen LogP contribution in [0, 0.1) is 11.3 Å². The van der Waals surface area contributed by atoms with Crippen molar-refractivity contribution in [3.05, 3.63) is 71.8 Å². The SMILES string of the molecule is CC.CC.CC(C)C(c1ccccc1)[C@@H](c1ccccc1)C(C)(C)C. The lowest BCUT2D eigenvalue weighted by Crippen LogP contribution is -2.28. The average Bonchev–Trinajstić information content (AvgIpc) is 2.63. The fraction of sp³-hybridized carbons (Fsp3) is 0.520. The summed E-state index contributed by atoms with van der Waals surface area (Å²) in [6, 6.07) is 22.0. The van der Waals surface area contributed by atoms with Crippen molar-refractivity contribution in [1.29, 1.82) is 0 Å². The lowest BCUT2D eigenvalue weighted by molar-refractivity contribution is 0.244. The van der Waals surface area contributed by atoms with Crippen molar-refractivity contribution in [3.63, 3.8) is 0 Å². The van der Waals surface area contributed by atoms with Crippen LogP contribution in [0.25, 0.3) is 0 Å². The minimum atomic E-state index is 0.228. The number of hydrogen-bond donors (Lipinski definition) is 0. The van der Waals surface area contributed by atoms with E-state index in [1.165, 1.54) is 11.1 Å². The first-order chi connectivity index (χ1) is 11.9. The van der Waals surface area contributed by atoms with Gasteiger partial charge in [-0.25, -0.2) is 0 Å². The van der Waals surface area contributed by atoms with Gasteiger partial charge in [0.15, 0.2) is 0 Å². The van der Waals surface area contributed by atoms with Crippen LogP contribution in [-0.4, -0.2) is 0 Å². The molecule has 0 heteroatoms. The van der Waals surface area contributed by atoms with Gasteiger partial charge in [-0.15, -0.1) is 0 Å². The minimum Gasteiger partial charge on any atom is -0.0683 e. The number of benzene rings is 2. The Hall–Kier alpha value is -1.56. The Morgan fingerprint density at radius 1 is 0.600 bits per heavy atom. The van der Waals surface area contributed by atoms with Crippen LogP contribution in [-0.2, 0) is 0 Å². The van der Waals surface area contributed by atoms with Gasteiger partial charge in [0, 0.05) is 0 Å². The summed E-state index contributed by atoms with van der Waals surface area (Å²) >= 11 is 0. The second-order valence-electron chi connectivity index (χ2n) is 7.43. The van der Waals surface area contributed by atoms with Gasteiger partial charge < -0.3 is 0 Å². The zero-order valence-electron chi connectivity index (χ0n) is 18.0. The van der Waals surface area contributed by atoms with Gasteiger partial charge in [0.1, 0.15) is 0 Å². The summed E-state index contributed by atoms with van der Waals surface area (Å²) in [6.07, 6.45) is 0. The van der Waals surface area contributed by atoms with Crippen LogP contribution < -0.4 is 0 Å². The van der Waals surface area contributed by atoms with E-state index >= 15 is 0 Å². The Balaban J connectivity index is 0.00000134. The topological polar surface area (TPSA) is 0 Å². The smallest absolute Gasteiger partial charge is 0.00420 e. The summed E-state index contributed by atoms with van der Waals surface area (Å²) in [5.41, 5.74) is 3.13. The Kier molecular flexibility index (Phi) is 11.2. The van der Waals surface area contributed by atoms with Gasteiger partial charge in [-0.2, -0.15) is 0 Å². The van der Waals surface area contributed by atoms with Crippen LogP contribution >= 0.6 is 0 Å². The third-order valence-electron chi connectivity index (χ3n) is 4.35. The highest BCUT2D eigenvalue weighted by molar-refractivity contribution is 5.30. The van der Waals surface area contributed by atoms with Crippen molar-refractivity contribution in [3.8, 4) is 0 Å². The number of hydrogen-bond acceptors (Lipinski definition) is 0. The summed E-state index contributed by atoms with van der Waals surface area (Å²) in [6.45, 7) is 19.8. The van der Waals surface area contributed by atoms with E-state index in [1.807, 2.05) is 27.7 Å². The van der Waals surface area contributed by atoms with Gasteiger partial charge in [0.05, 0.1) is 0 Å². The molecule has 0 radical (unpaired) electrons. The van der Waals surface area contributed by atoms with E-state index in [9.17, 15) is 0 Å². The van der Waals surface area contributed by atoms with Crippen molar-refractivity contribution < 1.29 is 0 Å². The van der Waals surface area contributed by atoms with Crippen molar-refractivity contribution in [2.75, 3.05) is 0 Å². The van der Waals surface area contributed by atoms with E-state index < -0.39 is 0 Å². The van der Waals surface area contributed by atoms with Gasteiger partial charge in [0.2, 0.25) is 0 Å². The fourth-order valence-electron chi connectivity index (χ4n) is 3.54. The Morgan fingerprint density at radius 2 is 0.960 bits per heavy atom. The third-order valence-corrected chi connectivity index (χ3v) is 4.35. The molecule has 0 aliphatic rings. The average molecular weight is 341 g/mol. The van der Waals surface area contributed by atoms with Crippen molar-refractivity contribution in [1.82, 2.24) is 0 Å². The molecule has 2 rings (SSSR count). The van der Waals surface area contributed by atoms with E-state index in [0.29, 0.717) is 17.8 Å². The molecule has 0 aliphatic carbocycles. The maximum absolute atomic E-state index is 2.36. The highest BCUT2D eigenvalue weighted by atomic mass is 14.4. The molecular weight excluding hydrogens is 300 g/mol. The van der Waals surface area contributed by atoms with Crippen molar-refractivity contribution in [2.45, 2.75) is 74.1 Å². The molecule has 0 N–H and O–H groups in total. The van der Waals surface area contributed by atoms with Crippen LogP contribution in [0.5, 0.6) is 0 Å². The molecule has 0 fully saturated rings. The first-order valence-corrected chi connectivity index (χ1v) is 10.0. The van der Waals surface area contributed by atoms with Crippen LogP contribution in [0.3, 0.4) is 0 Å². The van der Waals surface area contributed by atoms with Gasteiger partial charge >= 0.3 is 0 Å². The zero-order chi connectivity index (χ0) is 19.5. The molecule has 0 spiro atoms. The third kappa shape index (κ3) is 7.06. The number of rotatable bonds is 4. The Morgan fingerprint density at radius 3 is 1.28 bits per heavy atom. The summed E-state index contributed by atoms with van der Waals surface area (Å²) in [5.74, 6) is 1.66. The molecule has 2 aromatic carbocycles. The molecule has 0 heterocycles. The van der Waals surface area contributed by atoms with Gasteiger partial charge in [0.25, 0.3) is 0 Å². The summed E-state index contributed by atoms with van der Waals surface area (Å²) < 4.78 is 0. The van der Waals surface area contributed by atoms with E-state index in [1.54, 1.807) is 0 Å². The highest BCUT2D eigenvalue weighted by Crippen LogP contribution is 2.48. The predicted molar refractivity (Wildman–Crippen MR) is 115 cm³/mol. The zero-order valence-corrected chi connectivity index (χ0v) is 18.0. The highest BCUT2D eigenvalue weighted by Gasteiger charge is 2.35. The maximum atomic E-state index is 2.36. The molecule has 0 amide bonds. The predicted octanol–water partition coefficient (Wildman–Crippen LogP) is 8.31. The second-order valence-corrected chi connectivity index (χ2v) is 7.43. The molecule has 0 bridgehead atoms. The van der Waals surface area contributed by atoms with Crippen LogP contribution in [0.15, 0.2) is 60.7 Å². The van der Waals surface area contributed by atoms with Crippen molar-refractivity contribution >= 4 is 0 Å². The molecule has 0 nitrogen and oxygen atoms in total. The van der Waals surface area contributed by atoms with Gasteiger partial charge in [-0.3, -0.25) is 0 Å². The molecule has 2 atom stereocenters. The monoisotopic (exact) mass is 340 g/mol. The molecule has 2 aromatic rings. The molecule has 0 aliphatic heterocycles. The normalized spacial score (nSPS) is 13.0. The summed E-state index contributed by atoms with van der Waals surface area (Å²) in [7, 11) is 0. The van der Waals surface area contributed by atoms with E-state index in [4.69, 9.17) is 0 Å². The quantitative estimate of drug-likeness (QED) is 0.525. The molecular formula is C25H40. The second kappa shape index (κ2) is 11.9. The Bertz CT molecular complexity index is 531. The molecule has 0 saturated carbocycles. The van der Waals surface area contributed by atoms with E-state index in [2.05, 4.69) is 95.3 Å². The van der Waals surface area contributed by atoms with E-state index in [0.717, 1.165) is 0 Å². The van der Waals surface area contributed by atoms with Crippen LogP contribution in [0.4, 0.5) is 0 Å².